The summed E-state index contributed by atoms with van der Waals surface area (Å²) >= 11 is 1.80. The predicted molar refractivity (Wildman–Crippen MR) is 66.8 cm³/mol. The first kappa shape index (κ1) is 13.2. The summed E-state index contributed by atoms with van der Waals surface area (Å²) in [5.74, 6) is 0. The third-order valence-electron chi connectivity index (χ3n) is 2.00. The van der Waals surface area contributed by atoms with Crippen molar-refractivity contribution in [2.24, 2.45) is 0 Å². The van der Waals surface area contributed by atoms with E-state index >= 15 is 0 Å². The Bertz CT molecular complexity index is 471. The average Bonchev–Trinajstić information content (AvgIpc) is 2.35. The van der Waals surface area contributed by atoms with E-state index in [9.17, 15) is 0 Å². The Morgan fingerprint density at radius 2 is 1.29 bits per heavy atom. The fraction of sp³-hybridized carbons (Fsp3) is 0.0714. The summed E-state index contributed by atoms with van der Waals surface area (Å²) < 4.78 is 0. The molecule has 86 valence electrons. The Labute approximate surface area is 105 Å². The predicted octanol–water partition coefficient (Wildman–Crippen LogP) is 3.56. The second kappa shape index (κ2) is 7.44. The highest BCUT2D eigenvalue weighted by molar-refractivity contribution is 7.99. The molecule has 0 amide bonds. The summed E-state index contributed by atoms with van der Waals surface area (Å²) in [6, 6.07) is 19.0. The van der Waals surface area contributed by atoms with Gasteiger partial charge in [0.2, 0.25) is 0 Å². The highest BCUT2D eigenvalue weighted by Crippen LogP contribution is 2.26. The van der Waals surface area contributed by atoms with Gasteiger partial charge in [-0.1, -0.05) is 47.7 Å². The maximum absolute atomic E-state index is 8.12. The quantitative estimate of drug-likeness (QED) is 0.810. The zero-order valence-corrected chi connectivity index (χ0v) is 10.2. The minimum absolute atomic E-state index is 0.250. The molecule has 17 heavy (non-hydrogen) atoms. The molecule has 2 rings (SSSR count). The molecule has 3 heteroatoms. The van der Waals surface area contributed by atoms with Crippen LogP contribution in [0.25, 0.3) is 0 Å². The van der Waals surface area contributed by atoms with Crippen LogP contribution in [0, 0.1) is 6.92 Å². The van der Waals surface area contributed by atoms with Crippen LogP contribution in [-0.4, -0.2) is 6.15 Å². The van der Waals surface area contributed by atoms with Gasteiger partial charge in [-0.05, 0) is 31.2 Å². The Hall–Kier alpha value is -1.83. The fourth-order valence-corrected chi connectivity index (χ4v) is 2.07. The molecule has 0 saturated heterocycles. The topological polar surface area (TPSA) is 34.1 Å². The maximum atomic E-state index is 8.12. The van der Waals surface area contributed by atoms with Crippen LogP contribution in [0.3, 0.4) is 0 Å². The van der Waals surface area contributed by atoms with Crippen LogP contribution in [0.2, 0.25) is 0 Å². The van der Waals surface area contributed by atoms with Gasteiger partial charge in [0.15, 0.2) is 0 Å². The molecule has 0 radical (unpaired) electrons. The summed E-state index contributed by atoms with van der Waals surface area (Å²) in [4.78, 5) is 18.8. The number of hydrogen-bond acceptors (Lipinski definition) is 3. The van der Waals surface area contributed by atoms with Gasteiger partial charge < -0.3 is 0 Å². The molecule has 0 fully saturated rings. The number of rotatable bonds is 2. The molecule has 0 N–H and O–H groups in total. The molecule has 0 aliphatic rings. The second-order valence-electron chi connectivity index (χ2n) is 3.31. The standard InChI is InChI=1S/C13H12S.CO2/c1-11-7-9-13(10-8-11)14-12-5-3-2-4-6-12;2-1-3/h2-10H,1H3;. The molecule has 2 nitrogen and oxygen atoms in total. The first-order valence-corrected chi connectivity index (χ1v) is 5.87. The monoisotopic (exact) mass is 244 g/mol. The van der Waals surface area contributed by atoms with Crippen LogP contribution >= 0.6 is 11.8 Å². The van der Waals surface area contributed by atoms with Crippen LogP contribution in [0.15, 0.2) is 64.4 Å². The second-order valence-corrected chi connectivity index (χ2v) is 4.46. The van der Waals surface area contributed by atoms with E-state index < -0.39 is 0 Å². The van der Waals surface area contributed by atoms with Crippen molar-refractivity contribution >= 4 is 17.9 Å². The molecule has 0 aliphatic carbocycles. The van der Waals surface area contributed by atoms with Gasteiger partial charge in [0.05, 0.1) is 0 Å². The molecule has 0 bridgehead atoms. The van der Waals surface area contributed by atoms with Crippen molar-refractivity contribution in [3.8, 4) is 0 Å². The first-order chi connectivity index (χ1) is 8.26. The van der Waals surface area contributed by atoms with Gasteiger partial charge >= 0.3 is 6.15 Å². The van der Waals surface area contributed by atoms with E-state index in [4.69, 9.17) is 9.59 Å². The number of aryl methyl sites for hydroxylation is 1. The molecule has 0 atom stereocenters. The van der Waals surface area contributed by atoms with Crippen LogP contribution in [0.4, 0.5) is 0 Å². The van der Waals surface area contributed by atoms with Gasteiger partial charge in [-0.3, -0.25) is 0 Å². The van der Waals surface area contributed by atoms with Crippen molar-refractivity contribution in [2.75, 3.05) is 0 Å². The van der Waals surface area contributed by atoms with Crippen LogP contribution < -0.4 is 0 Å². The lowest BCUT2D eigenvalue weighted by Gasteiger charge is -2.01. The summed E-state index contributed by atoms with van der Waals surface area (Å²) in [7, 11) is 0. The van der Waals surface area contributed by atoms with Crippen molar-refractivity contribution in [3.05, 3.63) is 60.2 Å². The molecule has 0 heterocycles. The van der Waals surface area contributed by atoms with Crippen LogP contribution in [0.5, 0.6) is 0 Å². The molecule has 0 unspecified atom stereocenters. The lowest BCUT2D eigenvalue weighted by molar-refractivity contribution is -0.191. The molecule has 0 spiro atoms. The van der Waals surface area contributed by atoms with Gasteiger partial charge in [0.25, 0.3) is 0 Å². The third kappa shape index (κ3) is 5.16. The lowest BCUT2D eigenvalue weighted by atomic mass is 10.2. The fourth-order valence-electron chi connectivity index (χ4n) is 1.23. The smallest absolute Gasteiger partial charge is 0.186 e. The summed E-state index contributed by atoms with van der Waals surface area (Å²) in [6.45, 7) is 2.11. The van der Waals surface area contributed by atoms with E-state index in [1.165, 1.54) is 15.4 Å². The Morgan fingerprint density at radius 1 is 0.824 bits per heavy atom. The Kier molecular flexibility index (Phi) is 5.80. The highest BCUT2D eigenvalue weighted by atomic mass is 32.2. The van der Waals surface area contributed by atoms with E-state index in [2.05, 4.69) is 55.5 Å². The van der Waals surface area contributed by atoms with E-state index in [1.807, 2.05) is 6.07 Å². The summed E-state index contributed by atoms with van der Waals surface area (Å²) in [6.07, 6.45) is 0.250. The minimum Gasteiger partial charge on any atom is -0.186 e. The molecule has 0 saturated carbocycles. The largest absolute Gasteiger partial charge is 0.373 e. The third-order valence-corrected chi connectivity index (χ3v) is 3.02. The van der Waals surface area contributed by atoms with Gasteiger partial charge in [0, 0.05) is 9.79 Å². The molecule has 0 aliphatic heterocycles. The van der Waals surface area contributed by atoms with Crippen molar-refractivity contribution in [3.63, 3.8) is 0 Å². The van der Waals surface area contributed by atoms with Gasteiger partial charge in [0.1, 0.15) is 0 Å². The van der Waals surface area contributed by atoms with Crippen molar-refractivity contribution in [2.45, 2.75) is 16.7 Å². The van der Waals surface area contributed by atoms with Crippen molar-refractivity contribution in [1.82, 2.24) is 0 Å². The van der Waals surface area contributed by atoms with Crippen molar-refractivity contribution in [1.29, 1.82) is 0 Å². The highest BCUT2D eigenvalue weighted by Gasteiger charge is 1.94. The summed E-state index contributed by atoms with van der Waals surface area (Å²) in [5.41, 5.74) is 1.31. The zero-order valence-electron chi connectivity index (χ0n) is 9.42. The number of hydrogen-bond donors (Lipinski definition) is 0. The maximum Gasteiger partial charge on any atom is 0.373 e. The Balaban J connectivity index is 0.000000437. The van der Waals surface area contributed by atoms with E-state index in [1.54, 1.807) is 11.8 Å². The SMILES string of the molecule is Cc1ccc(Sc2ccccc2)cc1.O=C=O. The van der Waals surface area contributed by atoms with Crippen molar-refractivity contribution < 1.29 is 9.59 Å². The molecule has 0 aromatic heterocycles. The summed E-state index contributed by atoms with van der Waals surface area (Å²) in [5, 5.41) is 0. The van der Waals surface area contributed by atoms with Gasteiger partial charge in [-0.25, -0.2) is 0 Å². The zero-order chi connectivity index (χ0) is 12.5. The lowest BCUT2D eigenvalue weighted by Crippen LogP contribution is -1.74. The number of benzene rings is 2. The van der Waals surface area contributed by atoms with E-state index in [0.717, 1.165) is 0 Å². The van der Waals surface area contributed by atoms with Crippen LogP contribution in [0.1, 0.15) is 5.56 Å². The Morgan fingerprint density at radius 3 is 1.82 bits per heavy atom. The molecular formula is C14H12O2S. The first-order valence-electron chi connectivity index (χ1n) is 5.05. The van der Waals surface area contributed by atoms with E-state index in [0.29, 0.717) is 0 Å². The normalized spacial score (nSPS) is 8.76. The average molecular weight is 244 g/mol. The van der Waals surface area contributed by atoms with E-state index in [-0.39, 0.29) is 6.15 Å². The minimum atomic E-state index is 0.250. The van der Waals surface area contributed by atoms with Crippen LogP contribution in [-0.2, 0) is 9.59 Å². The number of carbonyl (C=O) groups excluding carboxylic acids is 2. The van der Waals surface area contributed by atoms with Gasteiger partial charge in [-0.15, -0.1) is 0 Å². The van der Waals surface area contributed by atoms with Gasteiger partial charge in [-0.2, -0.15) is 9.59 Å². The molecule has 2 aromatic rings. The molecular weight excluding hydrogens is 232 g/mol. The molecule has 2 aromatic carbocycles.